The Hall–Kier alpha value is -3.22. The van der Waals surface area contributed by atoms with Crippen molar-refractivity contribution in [1.82, 2.24) is 19.7 Å². The quantitative estimate of drug-likeness (QED) is 0.713. The summed E-state index contributed by atoms with van der Waals surface area (Å²) in [5.74, 6) is 1.66. The SMILES string of the molecule is Cc1cc(C)n(-c2cc(N3CC(C(=O)N(C)c4ccccc4)C3)ncn2)n1. The van der Waals surface area contributed by atoms with Crippen molar-refractivity contribution in [3.8, 4) is 5.82 Å². The van der Waals surface area contributed by atoms with Crippen LogP contribution in [0.25, 0.3) is 5.82 Å². The van der Waals surface area contributed by atoms with Crippen molar-refractivity contribution in [1.29, 1.82) is 0 Å². The van der Waals surface area contributed by atoms with Gasteiger partial charge in [-0.1, -0.05) is 18.2 Å². The standard InChI is InChI=1S/C20H22N6O/c1-14-9-15(2)26(23-14)19-10-18(21-13-22-19)25-11-16(12-25)20(27)24(3)17-7-5-4-6-8-17/h4-10,13,16H,11-12H2,1-3H3. The van der Waals surface area contributed by atoms with Crippen molar-refractivity contribution in [3.63, 3.8) is 0 Å². The highest BCUT2D eigenvalue weighted by atomic mass is 16.2. The first-order chi connectivity index (χ1) is 13.0. The fraction of sp³-hybridized carbons (Fsp3) is 0.300. The summed E-state index contributed by atoms with van der Waals surface area (Å²) in [5.41, 5.74) is 2.89. The van der Waals surface area contributed by atoms with Gasteiger partial charge in [0.2, 0.25) is 5.91 Å². The third kappa shape index (κ3) is 3.28. The summed E-state index contributed by atoms with van der Waals surface area (Å²) in [6.45, 7) is 5.27. The van der Waals surface area contributed by atoms with E-state index in [-0.39, 0.29) is 11.8 Å². The van der Waals surface area contributed by atoms with Crippen LogP contribution in [0.5, 0.6) is 0 Å². The monoisotopic (exact) mass is 362 g/mol. The second-order valence-corrected chi connectivity index (χ2v) is 6.91. The van der Waals surface area contributed by atoms with Gasteiger partial charge >= 0.3 is 0 Å². The van der Waals surface area contributed by atoms with Gasteiger partial charge in [-0.15, -0.1) is 0 Å². The highest BCUT2D eigenvalue weighted by Crippen LogP contribution is 2.26. The highest BCUT2D eigenvalue weighted by Gasteiger charge is 2.35. The molecular formula is C20H22N6O. The smallest absolute Gasteiger partial charge is 0.233 e. The van der Waals surface area contributed by atoms with Gasteiger partial charge in [-0.2, -0.15) is 5.10 Å². The van der Waals surface area contributed by atoms with E-state index in [0.29, 0.717) is 13.1 Å². The molecule has 1 aliphatic rings. The third-order valence-corrected chi connectivity index (χ3v) is 4.89. The first-order valence-corrected chi connectivity index (χ1v) is 8.96. The van der Waals surface area contributed by atoms with E-state index in [2.05, 4.69) is 20.0 Å². The Balaban J connectivity index is 1.45. The number of nitrogens with zero attached hydrogens (tertiary/aromatic N) is 6. The summed E-state index contributed by atoms with van der Waals surface area (Å²) in [4.78, 5) is 25.2. The number of para-hydroxylation sites is 1. The van der Waals surface area contributed by atoms with Crippen LogP contribution in [0.2, 0.25) is 0 Å². The lowest BCUT2D eigenvalue weighted by atomic mass is 9.98. The summed E-state index contributed by atoms with van der Waals surface area (Å²) < 4.78 is 1.81. The summed E-state index contributed by atoms with van der Waals surface area (Å²) >= 11 is 0. The Bertz CT molecular complexity index is 962. The van der Waals surface area contributed by atoms with Crippen molar-refractivity contribution in [2.45, 2.75) is 13.8 Å². The molecule has 2 aromatic heterocycles. The molecule has 0 aliphatic carbocycles. The molecule has 1 saturated heterocycles. The number of rotatable bonds is 4. The molecule has 0 radical (unpaired) electrons. The summed E-state index contributed by atoms with van der Waals surface area (Å²) in [6, 6.07) is 13.6. The van der Waals surface area contributed by atoms with Gasteiger partial charge in [-0.05, 0) is 32.0 Å². The number of anilines is 2. The van der Waals surface area contributed by atoms with Crippen LogP contribution in [0.1, 0.15) is 11.4 Å². The lowest BCUT2D eigenvalue weighted by Crippen LogP contribution is -2.54. The number of hydrogen-bond acceptors (Lipinski definition) is 5. The predicted octanol–water partition coefficient (Wildman–Crippen LogP) is 2.38. The maximum absolute atomic E-state index is 12.7. The molecule has 0 atom stereocenters. The molecule has 1 aromatic carbocycles. The number of benzene rings is 1. The maximum atomic E-state index is 12.7. The molecular weight excluding hydrogens is 340 g/mol. The van der Waals surface area contributed by atoms with Crippen LogP contribution in [0, 0.1) is 19.8 Å². The molecule has 7 nitrogen and oxygen atoms in total. The molecule has 4 rings (SSSR count). The average molecular weight is 362 g/mol. The average Bonchev–Trinajstić information content (AvgIpc) is 2.99. The Morgan fingerprint density at radius 3 is 2.44 bits per heavy atom. The van der Waals surface area contributed by atoms with Crippen LogP contribution in [-0.2, 0) is 4.79 Å². The van der Waals surface area contributed by atoms with Gasteiger partial charge in [-0.3, -0.25) is 4.79 Å². The van der Waals surface area contributed by atoms with Gasteiger partial charge in [0.05, 0.1) is 11.6 Å². The topological polar surface area (TPSA) is 67.2 Å². The first kappa shape index (κ1) is 17.2. The number of carbonyl (C=O) groups is 1. The number of hydrogen-bond donors (Lipinski definition) is 0. The predicted molar refractivity (Wildman–Crippen MR) is 104 cm³/mol. The number of aromatic nitrogens is 4. The molecule has 1 aliphatic heterocycles. The van der Waals surface area contributed by atoms with E-state index in [1.165, 1.54) is 0 Å². The maximum Gasteiger partial charge on any atom is 0.233 e. The Labute approximate surface area is 158 Å². The normalized spacial score (nSPS) is 14.1. The summed E-state index contributed by atoms with van der Waals surface area (Å²) in [7, 11) is 1.83. The zero-order valence-electron chi connectivity index (χ0n) is 15.7. The van der Waals surface area contributed by atoms with Crippen LogP contribution in [0.4, 0.5) is 11.5 Å². The molecule has 0 spiro atoms. The molecule has 3 aromatic rings. The van der Waals surface area contributed by atoms with E-state index < -0.39 is 0 Å². The highest BCUT2D eigenvalue weighted by molar-refractivity contribution is 5.96. The van der Waals surface area contributed by atoms with Crippen LogP contribution in [0.3, 0.4) is 0 Å². The van der Waals surface area contributed by atoms with Gasteiger partial charge in [0.25, 0.3) is 0 Å². The zero-order valence-corrected chi connectivity index (χ0v) is 15.7. The minimum absolute atomic E-state index is 0.0256. The van der Waals surface area contributed by atoms with Crippen molar-refractivity contribution in [2.24, 2.45) is 5.92 Å². The molecule has 1 fully saturated rings. The van der Waals surface area contributed by atoms with E-state index in [4.69, 9.17) is 0 Å². The first-order valence-electron chi connectivity index (χ1n) is 8.96. The molecule has 0 unspecified atom stereocenters. The van der Waals surface area contributed by atoms with Gasteiger partial charge < -0.3 is 9.80 Å². The molecule has 27 heavy (non-hydrogen) atoms. The zero-order chi connectivity index (χ0) is 19.0. The van der Waals surface area contributed by atoms with Gasteiger partial charge in [0.15, 0.2) is 5.82 Å². The Kier molecular flexibility index (Phi) is 4.35. The van der Waals surface area contributed by atoms with Crippen LogP contribution in [0.15, 0.2) is 48.8 Å². The van der Waals surface area contributed by atoms with Crippen molar-refractivity contribution >= 4 is 17.4 Å². The molecule has 3 heterocycles. The minimum Gasteiger partial charge on any atom is -0.355 e. The minimum atomic E-state index is -0.0256. The van der Waals surface area contributed by atoms with E-state index in [1.807, 2.05) is 68.0 Å². The van der Waals surface area contributed by atoms with E-state index in [1.54, 1.807) is 11.2 Å². The van der Waals surface area contributed by atoms with E-state index >= 15 is 0 Å². The molecule has 0 bridgehead atoms. The fourth-order valence-corrected chi connectivity index (χ4v) is 3.36. The van der Waals surface area contributed by atoms with Crippen molar-refractivity contribution in [2.75, 3.05) is 29.9 Å². The lowest BCUT2D eigenvalue weighted by molar-refractivity contribution is -0.122. The molecule has 1 amide bonds. The van der Waals surface area contributed by atoms with Crippen molar-refractivity contribution < 1.29 is 4.79 Å². The molecule has 0 N–H and O–H groups in total. The van der Waals surface area contributed by atoms with Gasteiger partial charge in [-0.25, -0.2) is 14.6 Å². The largest absolute Gasteiger partial charge is 0.355 e. The Morgan fingerprint density at radius 2 is 1.78 bits per heavy atom. The third-order valence-electron chi connectivity index (χ3n) is 4.89. The van der Waals surface area contributed by atoms with Crippen LogP contribution >= 0.6 is 0 Å². The Morgan fingerprint density at radius 1 is 1.07 bits per heavy atom. The number of aryl methyl sites for hydroxylation is 2. The second kappa shape index (κ2) is 6.83. The lowest BCUT2D eigenvalue weighted by Gasteiger charge is -2.40. The summed E-state index contributed by atoms with van der Waals surface area (Å²) in [6.07, 6.45) is 1.55. The molecule has 138 valence electrons. The van der Waals surface area contributed by atoms with E-state index in [9.17, 15) is 4.79 Å². The second-order valence-electron chi connectivity index (χ2n) is 6.91. The van der Waals surface area contributed by atoms with Crippen molar-refractivity contribution in [3.05, 3.63) is 60.2 Å². The summed E-state index contributed by atoms with van der Waals surface area (Å²) in [5, 5.41) is 4.47. The fourth-order valence-electron chi connectivity index (χ4n) is 3.36. The number of amides is 1. The molecule has 7 heteroatoms. The van der Waals surface area contributed by atoms with Gasteiger partial charge in [0, 0.05) is 37.6 Å². The van der Waals surface area contributed by atoms with E-state index in [0.717, 1.165) is 28.7 Å². The van der Waals surface area contributed by atoms with Crippen LogP contribution in [-0.4, -0.2) is 45.8 Å². The van der Waals surface area contributed by atoms with Crippen LogP contribution < -0.4 is 9.80 Å². The van der Waals surface area contributed by atoms with Gasteiger partial charge in [0.1, 0.15) is 12.1 Å². The number of carbonyl (C=O) groups excluding carboxylic acids is 1. The molecule has 0 saturated carbocycles.